The summed E-state index contributed by atoms with van der Waals surface area (Å²) in [4.78, 5) is 22.9. The number of hydrogen-bond acceptors (Lipinski definition) is 6. The zero-order valence-corrected chi connectivity index (χ0v) is 7.75. The monoisotopic (exact) mass is 214 g/mol. The van der Waals surface area contributed by atoms with Crippen LogP contribution in [0.2, 0.25) is 0 Å². The first kappa shape index (κ1) is 9.11. The van der Waals surface area contributed by atoms with E-state index in [1.807, 2.05) is 0 Å². The van der Waals surface area contributed by atoms with E-state index in [4.69, 9.17) is 0 Å². The van der Waals surface area contributed by atoms with Gasteiger partial charge in [0.2, 0.25) is 12.6 Å². The Bertz CT molecular complexity index is 353. The number of rotatable bonds is 0. The molecule has 2 saturated heterocycles. The van der Waals surface area contributed by atoms with E-state index >= 15 is 0 Å². The summed E-state index contributed by atoms with van der Waals surface area (Å²) < 4.78 is 9.28. The molecule has 0 bridgehead atoms. The van der Waals surface area contributed by atoms with Gasteiger partial charge in [-0.05, 0) is 6.42 Å². The van der Waals surface area contributed by atoms with Gasteiger partial charge in [-0.25, -0.2) is 0 Å². The van der Waals surface area contributed by atoms with Gasteiger partial charge in [-0.3, -0.25) is 9.59 Å². The van der Waals surface area contributed by atoms with Crippen LogP contribution >= 0.6 is 0 Å². The molecule has 5 unspecified atom stereocenters. The second-order valence-electron chi connectivity index (χ2n) is 4.39. The van der Waals surface area contributed by atoms with Crippen molar-refractivity contribution in [2.24, 2.45) is 17.3 Å². The first-order chi connectivity index (χ1) is 7.04. The van der Waals surface area contributed by atoms with Crippen LogP contribution in [0.5, 0.6) is 0 Å². The lowest BCUT2D eigenvalue weighted by molar-refractivity contribution is -0.169. The third-order valence-corrected chi connectivity index (χ3v) is 3.67. The first-order valence-electron chi connectivity index (χ1n) is 4.82. The molecule has 1 aliphatic carbocycles. The van der Waals surface area contributed by atoms with Gasteiger partial charge in [0.05, 0.1) is 11.3 Å². The minimum Gasteiger partial charge on any atom is -0.435 e. The molecule has 82 valence electrons. The molecule has 6 nitrogen and oxygen atoms in total. The van der Waals surface area contributed by atoms with E-state index in [1.165, 1.54) is 0 Å². The van der Waals surface area contributed by atoms with E-state index in [0.717, 1.165) is 0 Å². The quantitative estimate of drug-likeness (QED) is 0.489. The van der Waals surface area contributed by atoms with Gasteiger partial charge >= 0.3 is 11.9 Å². The summed E-state index contributed by atoms with van der Waals surface area (Å²) in [6, 6.07) is 0. The van der Waals surface area contributed by atoms with Crippen molar-refractivity contribution in [1.82, 2.24) is 0 Å². The summed E-state index contributed by atoms with van der Waals surface area (Å²) in [5.41, 5.74) is -0.946. The molecule has 1 saturated carbocycles. The Labute approximate surface area is 84.8 Å². The maximum absolute atomic E-state index is 11.5. The van der Waals surface area contributed by atoms with E-state index in [9.17, 15) is 19.8 Å². The molecule has 1 spiro atoms. The van der Waals surface area contributed by atoms with Crippen LogP contribution in [0.1, 0.15) is 12.8 Å². The van der Waals surface area contributed by atoms with Gasteiger partial charge in [0.25, 0.3) is 0 Å². The zero-order chi connectivity index (χ0) is 10.8. The summed E-state index contributed by atoms with van der Waals surface area (Å²) >= 11 is 0. The Kier molecular flexibility index (Phi) is 1.52. The van der Waals surface area contributed by atoms with Crippen LogP contribution in [-0.2, 0) is 19.1 Å². The molecule has 0 amide bonds. The van der Waals surface area contributed by atoms with Gasteiger partial charge in [-0.1, -0.05) is 0 Å². The maximum Gasteiger partial charge on any atom is 0.315 e. The van der Waals surface area contributed by atoms with Crippen molar-refractivity contribution < 1.29 is 29.3 Å². The Balaban J connectivity index is 1.92. The van der Waals surface area contributed by atoms with Gasteiger partial charge < -0.3 is 19.7 Å². The third kappa shape index (κ3) is 0.908. The molecule has 15 heavy (non-hydrogen) atoms. The van der Waals surface area contributed by atoms with Crippen molar-refractivity contribution >= 4 is 11.9 Å². The van der Waals surface area contributed by atoms with E-state index in [2.05, 4.69) is 9.47 Å². The summed E-state index contributed by atoms with van der Waals surface area (Å²) in [7, 11) is 0. The maximum atomic E-state index is 11.5. The van der Waals surface area contributed by atoms with Crippen LogP contribution in [0, 0.1) is 17.3 Å². The number of fused-ring (bicyclic) bond motifs is 2. The molecular weight excluding hydrogens is 204 g/mol. The number of carbonyl (C=O) groups is 2. The Morgan fingerprint density at radius 2 is 1.93 bits per heavy atom. The number of cyclic esters (lactones) is 2. The second-order valence-corrected chi connectivity index (χ2v) is 4.39. The highest BCUT2D eigenvalue weighted by Gasteiger charge is 2.71. The number of carbonyl (C=O) groups excluding carboxylic acids is 2. The van der Waals surface area contributed by atoms with Crippen molar-refractivity contribution in [2.45, 2.75) is 25.4 Å². The molecule has 0 aromatic carbocycles. The average molecular weight is 214 g/mol. The van der Waals surface area contributed by atoms with Crippen molar-refractivity contribution in [3.05, 3.63) is 0 Å². The predicted octanol–water partition coefficient (Wildman–Crippen LogP) is -1.25. The molecule has 5 atom stereocenters. The molecule has 3 rings (SSSR count). The average Bonchev–Trinajstić information content (AvgIpc) is 2.48. The van der Waals surface area contributed by atoms with Crippen LogP contribution in [0.25, 0.3) is 0 Å². The van der Waals surface area contributed by atoms with E-state index < -0.39 is 35.9 Å². The molecule has 2 aliphatic heterocycles. The molecule has 0 aromatic heterocycles. The number of esters is 2. The molecule has 2 heterocycles. The standard InChI is InChI=1S/C9H10O6/c10-4-2-9(8(13)14-4)1-3-5(9)7(12)15-6(3)11/h3-6,10-11H,1-2H2. The second kappa shape index (κ2) is 2.51. The lowest BCUT2D eigenvalue weighted by atomic mass is 9.53. The lowest BCUT2D eigenvalue weighted by Crippen LogP contribution is -2.53. The summed E-state index contributed by atoms with van der Waals surface area (Å²) in [5, 5.41) is 18.5. The molecule has 3 aliphatic rings. The van der Waals surface area contributed by atoms with Gasteiger partial charge in [0, 0.05) is 12.3 Å². The van der Waals surface area contributed by atoms with Crippen LogP contribution in [0.4, 0.5) is 0 Å². The molecule has 0 radical (unpaired) electrons. The Morgan fingerprint density at radius 1 is 1.20 bits per heavy atom. The summed E-state index contributed by atoms with van der Waals surface area (Å²) in [5.74, 6) is -2.08. The van der Waals surface area contributed by atoms with Gasteiger partial charge in [0.15, 0.2) is 0 Å². The fourth-order valence-electron chi connectivity index (χ4n) is 2.96. The Hall–Kier alpha value is -1.14. The smallest absolute Gasteiger partial charge is 0.315 e. The topological polar surface area (TPSA) is 93.1 Å². The summed E-state index contributed by atoms with van der Waals surface area (Å²) in [6.07, 6.45) is -1.78. The fraction of sp³-hybridized carbons (Fsp3) is 0.778. The normalized spacial score (nSPS) is 52.4. The van der Waals surface area contributed by atoms with Crippen molar-refractivity contribution in [1.29, 1.82) is 0 Å². The highest BCUT2D eigenvalue weighted by atomic mass is 16.7. The van der Waals surface area contributed by atoms with Crippen LogP contribution in [0.3, 0.4) is 0 Å². The largest absolute Gasteiger partial charge is 0.435 e. The number of aliphatic hydroxyl groups excluding tert-OH is 2. The van der Waals surface area contributed by atoms with Gasteiger partial charge in [0.1, 0.15) is 0 Å². The lowest BCUT2D eigenvalue weighted by Gasteiger charge is -2.43. The number of hydrogen-bond donors (Lipinski definition) is 2. The minimum absolute atomic E-state index is 0.120. The third-order valence-electron chi connectivity index (χ3n) is 3.67. The van der Waals surface area contributed by atoms with Gasteiger partial charge in [-0.2, -0.15) is 0 Å². The SMILES string of the molecule is O=C1OC(O)C2CC3(CC(O)OC3=O)C12. The zero-order valence-electron chi connectivity index (χ0n) is 7.75. The number of aliphatic hydroxyl groups is 2. The molecule has 3 fully saturated rings. The van der Waals surface area contributed by atoms with E-state index in [0.29, 0.717) is 6.42 Å². The molecule has 6 heteroatoms. The molecule has 2 N–H and O–H groups in total. The fourth-order valence-corrected chi connectivity index (χ4v) is 2.96. The molecule has 0 aromatic rings. The minimum atomic E-state index is -1.14. The van der Waals surface area contributed by atoms with Crippen molar-refractivity contribution in [3.63, 3.8) is 0 Å². The highest BCUT2D eigenvalue weighted by molar-refractivity contribution is 5.90. The van der Waals surface area contributed by atoms with Crippen molar-refractivity contribution in [2.75, 3.05) is 0 Å². The van der Waals surface area contributed by atoms with E-state index in [1.54, 1.807) is 0 Å². The van der Waals surface area contributed by atoms with E-state index in [-0.39, 0.29) is 12.3 Å². The van der Waals surface area contributed by atoms with Crippen LogP contribution in [0.15, 0.2) is 0 Å². The molecular formula is C9H10O6. The van der Waals surface area contributed by atoms with Crippen LogP contribution in [-0.4, -0.2) is 34.7 Å². The number of ether oxygens (including phenoxy) is 2. The Morgan fingerprint density at radius 3 is 2.47 bits per heavy atom. The van der Waals surface area contributed by atoms with Gasteiger partial charge in [-0.15, -0.1) is 0 Å². The first-order valence-corrected chi connectivity index (χ1v) is 4.82. The van der Waals surface area contributed by atoms with Crippen LogP contribution < -0.4 is 0 Å². The summed E-state index contributed by atoms with van der Waals surface area (Å²) in [6.45, 7) is 0. The highest BCUT2D eigenvalue weighted by Crippen LogP contribution is 2.61. The predicted molar refractivity (Wildman–Crippen MR) is 42.8 cm³/mol. The van der Waals surface area contributed by atoms with Crippen molar-refractivity contribution in [3.8, 4) is 0 Å².